The maximum atomic E-state index is 11.8. The Kier molecular flexibility index (Phi) is 6.33. The van der Waals surface area contributed by atoms with Crippen LogP contribution in [0.2, 0.25) is 0 Å². The van der Waals surface area contributed by atoms with Crippen molar-refractivity contribution < 1.29 is 9.53 Å². The Hall–Kier alpha value is -1.42. The van der Waals surface area contributed by atoms with Crippen LogP contribution < -0.4 is 5.32 Å². The number of anilines is 2. The van der Waals surface area contributed by atoms with Gasteiger partial charge in [-0.05, 0) is 43.3 Å². The zero-order chi connectivity index (χ0) is 18.7. The van der Waals surface area contributed by atoms with Gasteiger partial charge in [-0.25, -0.2) is 4.68 Å². The number of hydrogen-bond acceptors (Lipinski definition) is 8. The van der Waals surface area contributed by atoms with Crippen LogP contribution in [0.4, 0.5) is 10.8 Å². The minimum Gasteiger partial charge on any atom is -0.468 e. The van der Waals surface area contributed by atoms with Crippen molar-refractivity contribution in [1.82, 2.24) is 14.7 Å². The van der Waals surface area contributed by atoms with Crippen molar-refractivity contribution in [2.45, 2.75) is 25.8 Å². The number of nitrogens with zero attached hydrogens (tertiary/aromatic N) is 3. The smallest absolute Gasteiger partial charge is 0.320 e. The first-order chi connectivity index (χ1) is 12.5. The summed E-state index contributed by atoms with van der Waals surface area (Å²) >= 11 is 8.57. The maximum Gasteiger partial charge on any atom is 0.320 e. The Labute approximate surface area is 166 Å². The number of ether oxygens (including phenoxy) is 1. The lowest BCUT2D eigenvalue weighted by Gasteiger charge is -2.30. The van der Waals surface area contributed by atoms with Crippen LogP contribution in [0.3, 0.4) is 0 Å². The highest BCUT2D eigenvalue weighted by Gasteiger charge is 2.27. The van der Waals surface area contributed by atoms with Crippen LogP contribution in [0.15, 0.2) is 18.2 Å². The predicted octanol–water partition coefficient (Wildman–Crippen LogP) is 3.58. The third-order valence-corrected chi connectivity index (χ3v) is 6.79. The van der Waals surface area contributed by atoms with E-state index >= 15 is 0 Å². The first-order valence-corrected chi connectivity index (χ1v) is 10.6. The number of methoxy groups -OCH3 is 1. The molecule has 3 rings (SSSR count). The summed E-state index contributed by atoms with van der Waals surface area (Å²) in [4.78, 5) is 14.0. The van der Waals surface area contributed by atoms with Gasteiger partial charge in [0.05, 0.1) is 13.8 Å². The van der Waals surface area contributed by atoms with Crippen molar-refractivity contribution in [2.24, 2.45) is 0 Å². The monoisotopic (exact) mass is 410 g/mol. The van der Waals surface area contributed by atoms with E-state index in [1.807, 2.05) is 16.8 Å². The molecule has 0 amide bonds. The topological polar surface area (TPSA) is 59.4 Å². The molecule has 1 aliphatic heterocycles. The minimum atomic E-state index is -0.168. The summed E-state index contributed by atoms with van der Waals surface area (Å²) in [5, 5.41) is 8.62. The zero-order valence-electron chi connectivity index (χ0n) is 15.0. The molecular formula is C17H22N4O2S3. The second kappa shape index (κ2) is 8.51. The fourth-order valence-corrected chi connectivity index (χ4v) is 4.94. The van der Waals surface area contributed by atoms with Gasteiger partial charge in [0.1, 0.15) is 5.25 Å². The van der Waals surface area contributed by atoms with Gasteiger partial charge < -0.3 is 10.1 Å². The highest BCUT2D eigenvalue weighted by molar-refractivity contribution is 8.00. The quantitative estimate of drug-likeness (QED) is 0.597. The number of aryl methyl sites for hydroxylation is 1. The average Bonchev–Trinajstić information content (AvgIpc) is 2.97. The maximum absolute atomic E-state index is 11.8. The van der Waals surface area contributed by atoms with Crippen molar-refractivity contribution in [3.05, 3.63) is 33.3 Å². The van der Waals surface area contributed by atoms with E-state index in [1.54, 1.807) is 11.8 Å². The van der Waals surface area contributed by atoms with Crippen LogP contribution in [-0.2, 0) is 16.2 Å². The molecule has 2 heterocycles. The van der Waals surface area contributed by atoms with Gasteiger partial charge in [-0.1, -0.05) is 23.5 Å². The number of carbonyl (C=O) groups excluding carboxylic acids is 1. The van der Waals surface area contributed by atoms with Crippen LogP contribution in [0, 0.1) is 17.8 Å². The summed E-state index contributed by atoms with van der Waals surface area (Å²) in [6.07, 6.45) is 0. The molecule has 1 fully saturated rings. The number of hydrogen-bond donors (Lipinski definition) is 1. The SMILES string of the molecule is COC(=O)[C@H]1CN(Cn2nc(Nc3cccc(C)c3C)sc2=S)CCS1. The molecule has 6 nitrogen and oxygen atoms in total. The Balaban J connectivity index is 1.69. The van der Waals surface area contributed by atoms with Gasteiger partial charge in [-0.2, -0.15) is 0 Å². The van der Waals surface area contributed by atoms with Crippen molar-refractivity contribution in [3.63, 3.8) is 0 Å². The lowest BCUT2D eigenvalue weighted by molar-refractivity contribution is -0.140. The second-order valence-corrected chi connectivity index (χ2v) is 9.08. The van der Waals surface area contributed by atoms with E-state index in [1.165, 1.54) is 29.6 Å². The van der Waals surface area contributed by atoms with E-state index in [9.17, 15) is 4.79 Å². The molecule has 140 valence electrons. The minimum absolute atomic E-state index is 0.144. The van der Waals surface area contributed by atoms with Crippen LogP contribution in [0.5, 0.6) is 0 Å². The zero-order valence-corrected chi connectivity index (χ0v) is 17.5. The third-order valence-electron chi connectivity index (χ3n) is 4.40. The highest BCUT2D eigenvalue weighted by atomic mass is 32.2. The first kappa shape index (κ1) is 19.3. The van der Waals surface area contributed by atoms with E-state index in [0.717, 1.165) is 23.1 Å². The lowest BCUT2D eigenvalue weighted by atomic mass is 10.1. The van der Waals surface area contributed by atoms with Gasteiger partial charge in [-0.3, -0.25) is 9.69 Å². The van der Waals surface area contributed by atoms with E-state index in [2.05, 4.69) is 35.2 Å². The second-order valence-electron chi connectivity index (χ2n) is 6.15. The van der Waals surface area contributed by atoms with Crippen LogP contribution in [0.25, 0.3) is 0 Å². The Bertz CT molecular complexity index is 849. The molecule has 0 bridgehead atoms. The first-order valence-electron chi connectivity index (χ1n) is 8.31. The summed E-state index contributed by atoms with van der Waals surface area (Å²) in [7, 11) is 1.43. The summed E-state index contributed by atoms with van der Waals surface area (Å²) in [6, 6.07) is 6.16. The molecule has 1 N–H and O–H groups in total. The normalized spacial score (nSPS) is 17.9. The molecule has 0 aliphatic carbocycles. The van der Waals surface area contributed by atoms with Crippen molar-refractivity contribution in [2.75, 3.05) is 31.3 Å². The van der Waals surface area contributed by atoms with Gasteiger partial charge in [0.2, 0.25) is 5.13 Å². The fraction of sp³-hybridized carbons (Fsp3) is 0.471. The standard InChI is InChI=1S/C17H22N4O2S3/c1-11-5-4-6-13(12(11)2)18-16-19-21(17(24)26-16)10-20-7-8-25-14(9-20)15(22)23-3/h4-6,14H,7-10H2,1-3H3,(H,18,19)/t14-/m1/s1. The number of rotatable bonds is 5. The number of benzene rings is 1. The van der Waals surface area contributed by atoms with Gasteiger partial charge in [0.25, 0.3) is 0 Å². The van der Waals surface area contributed by atoms with Crippen molar-refractivity contribution in [1.29, 1.82) is 0 Å². The molecule has 1 aliphatic rings. The molecule has 2 aromatic rings. The van der Waals surface area contributed by atoms with E-state index in [4.69, 9.17) is 17.0 Å². The Morgan fingerprint density at radius 1 is 1.46 bits per heavy atom. The van der Waals surface area contributed by atoms with E-state index < -0.39 is 0 Å². The molecule has 0 unspecified atom stereocenters. The molecule has 1 saturated heterocycles. The van der Waals surface area contributed by atoms with Gasteiger partial charge >= 0.3 is 5.97 Å². The molecule has 9 heteroatoms. The Morgan fingerprint density at radius 2 is 2.27 bits per heavy atom. The van der Waals surface area contributed by atoms with E-state index in [0.29, 0.717) is 17.2 Å². The lowest BCUT2D eigenvalue weighted by Crippen LogP contribution is -2.42. The predicted molar refractivity (Wildman–Crippen MR) is 110 cm³/mol. The largest absolute Gasteiger partial charge is 0.468 e. The third kappa shape index (κ3) is 4.46. The van der Waals surface area contributed by atoms with Crippen LogP contribution in [0.1, 0.15) is 11.1 Å². The van der Waals surface area contributed by atoms with Crippen LogP contribution >= 0.6 is 35.3 Å². The number of nitrogens with one attached hydrogen (secondary N) is 1. The summed E-state index contributed by atoms with van der Waals surface area (Å²) < 4.78 is 7.40. The molecule has 26 heavy (non-hydrogen) atoms. The average molecular weight is 411 g/mol. The number of carbonyl (C=O) groups is 1. The molecule has 0 saturated carbocycles. The van der Waals surface area contributed by atoms with Crippen molar-refractivity contribution >= 4 is 52.1 Å². The molecule has 1 aromatic carbocycles. The number of thioether (sulfide) groups is 1. The molecule has 1 atom stereocenters. The van der Waals surface area contributed by atoms with Gasteiger partial charge in [0.15, 0.2) is 3.95 Å². The molecule has 1 aromatic heterocycles. The van der Waals surface area contributed by atoms with Crippen molar-refractivity contribution in [3.8, 4) is 0 Å². The van der Waals surface area contributed by atoms with Gasteiger partial charge in [0, 0.05) is 24.5 Å². The summed E-state index contributed by atoms with van der Waals surface area (Å²) in [6.45, 7) is 6.31. The fourth-order valence-electron chi connectivity index (χ4n) is 2.74. The molecular weight excluding hydrogens is 388 g/mol. The summed E-state index contributed by atoms with van der Waals surface area (Å²) in [5.41, 5.74) is 3.48. The number of esters is 1. The molecule has 0 spiro atoms. The highest BCUT2D eigenvalue weighted by Crippen LogP contribution is 2.25. The Morgan fingerprint density at radius 3 is 3.04 bits per heavy atom. The van der Waals surface area contributed by atoms with Gasteiger partial charge in [-0.15, -0.1) is 16.9 Å². The molecule has 0 radical (unpaired) electrons. The van der Waals surface area contributed by atoms with E-state index in [-0.39, 0.29) is 11.2 Å². The number of aromatic nitrogens is 2. The summed E-state index contributed by atoms with van der Waals surface area (Å²) in [5.74, 6) is 0.726. The van der Waals surface area contributed by atoms with Crippen LogP contribution in [-0.4, -0.2) is 51.9 Å².